The molecule has 1 saturated heterocycles. The van der Waals surface area contributed by atoms with Crippen LogP contribution in [0.1, 0.15) is 30.1 Å². The molecule has 0 bridgehead atoms. The summed E-state index contributed by atoms with van der Waals surface area (Å²) in [6.07, 6.45) is 2.07. The van der Waals surface area contributed by atoms with Crippen LogP contribution in [0.3, 0.4) is 0 Å². The maximum atomic E-state index is 12.7. The average Bonchev–Trinajstić information content (AvgIpc) is 2.69. The number of nitrogens with one attached hydrogen (secondary N) is 2. The van der Waals surface area contributed by atoms with Crippen molar-refractivity contribution in [3.05, 3.63) is 54.1 Å². The summed E-state index contributed by atoms with van der Waals surface area (Å²) < 4.78 is 5.10. The van der Waals surface area contributed by atoms with Crippen LogP contribution in [0.25, 0.3) is 0 Å². The van der Waals surface area contributed by atoms with Crippen LogP contribution in [-0.2, 0) is 0 Å². The van der Waals surface area contributed by atoms with Crippen molar-refractivity contribution in [3.63, 3.8) is 0 Å². The Morgan fingerprint density at radius 2 is 1.67 bits per heavy atom. The lowest BCUT2D eigenvalue weighted by Gasteiger charge is -2.30. The molecule has 1 fully saturated rings. The van der Waals surface area contributed by atoms with E-state index in [1.165, 1.54) is 0 Å². The van der Waals surface area contributed by atoms with Crippen LogP contribution in [-0.4, -0.2) is 37.0 Å². The van der Waals surface area contributed by atoms with Crippen LogP contribution in [0.15, 0.2) is 48.5 Å². The largest absolute Gasteiger partial charge is 0.497 e. The fraction of sp³-hybridized carbons (Fsp3) is 0.333. The molecule has 0 atom stereocenters. The molecule has 0 aromatic heterocycles. The number of likely N-dealkylation sites (tertiary alicyclic amines) is 1. The monoisotopic (exact) mass is 367 g/mol. The third kappa shape index (κ3) is 5.00. The molecule has 2 aromatic rings. The Morgan fingerprint density at radius 1 is 1.00 bits per heavy atom. The minimum absolute atomic E-state index is 0.0149. The maximum absolute atomic E-state index is 12.7. The molecule has 0 spiro atoms. The van der Waals surface area contributed by atoms with Crippen LogP contribution in [0.2, 0.25) is 0 Å². The van der Waals surface area contributed by atoms with Gasteiger partial charge in [0.25, 0.3) is 5.91 Å². The van der Waals surface area contributed by atoms with Gasteiger partial charge in [-0.1, -0.05) is 13.0 Å². The molecule has 0 unspecified atom stereocenters. The number of methoxy groups -OCH3 is 1. The normalized spacial score (nSPS) is 14.5. The number of piperidine rings is 1. The lowest BCUT2D eigenvalue weighted by molar-refractivity contribution is 0.0697. The minimum atomic E-state index is -0.364. The van der Waals surface area contributed by atoms with Gasteiger partial charge < -0.3 is 20.3 Å². The van der Waals surface area contributed by atoms with Crippen molar-refractivity contribution < 1.29 is 14.3 Å². The summed E-state index contributed by atoms with van der Waals surface area (Å²) >= 11 is 0. The summed E-state index contributed by atoms with van der Waals surface area (Å²) in [7, 11) is 1.59. The first-order chi connectivity index (χ1) is 13.0. The van der Waals surface area contributed by atoms with Crippen molar-refractivity contribution in [2.24, 2.45) is 5.92 Å². The number of nitrogens with zero attached hydrogens (tertiary/aromatic N) is 1. The van der Waals surface area contributed by atoms with Crippen LogP contribution in [0, 0.1) is 5.92 Å². The van der Waals surface area contributed by atoms with Gasteiger partial charge in [0.1, 0.15) is 5.75 Å². The standard InChI is InChI=1S/C21H25N3O3/c1-15-10-12-24(13-11-15)20(25)16-4-3-5-18(14-16)23-21(26)22-17-6-8-19(27-2)9-7-17/h3-9,14-15H,10-13H2,1-2H3,(H2,22,23,26). The summed E-state index contributed by atoms with van der Waals surface area (Å²) in [5.41, 5.74) is 1.83. The van der Waals surface area contributed by atoms with E-state index in [1.807, 2.05) is 4.90 Å². The van der Waals surface area contributed by atoms with E-state index >= 15 is 0 Å². The Kier molecular flexibility index (Phi) is 5.96. The summed E-state index contributed by atoms with van der Waals surface area (Å²) in [6.45, 7) is 3.79. The summed E-state index contributed by atoms with van der Waals surface area (Å²) in [5, 5.41) is 5.53. The number of benzene rings is 2. The molecule has 3 rings (SSSR count). The van der Waals surface area contributed by atoms with Gasteiger partial charge in [0.05, 0.1) is 7.11 Å². The van der Waals surface area contributed by atoms with E-state index in [-0.39, 0.29) is 11.9 Å². The van der Waals surface area contributed by atoms with Crippen molar-refractivity contribution in [3.8, 4) is 5.75 Å². The second-order valence-corrected chi connectivity index (χ2v) is 6.86. The zero-order chi connectivity index (χ0) is 19.2. The second-order valence-electron chi connectivity index (χ2n) is 6.86. The zero-order valence-corrected chi connectivity index (χ0v) is 15.7. The number of anilines is 2. The summed E-state index contributed by atoms with van der Waals surface area (Å²) in [4.78, 5) is 26.8. The molecule has 142 valence electrons. The molecule has 6 heteroatoms. The van der Waals surface area contributed by atoms with Gasteiger partial charge >= 0.3 is 6.03 Å². The van der Waals surface area contributed by atoms with Crippen molar-refractivity contribution in [1.82, 2.24) is 4.90 Å². The molecule has 0 aliphatic carbocycles. The Balaban J connectivity index is 1.61. The van der Waals surface area contributed by atoms with Gasteiger partial charge in [-0.2, -0.15) is 0 Å². The van der Waals surface area contributed by atoms with Gasteiger partial charge in [-0.15, -0.1) is 0 Å². The van der Waals surface area contributed by atoms with Crippen LogP contribution >= 0.6 is 0 Å². The number of urea groups is 1. The highest BCUT2D eigenvalue weighted by Crippen LogP contribution is 2.20. The SMILES string of the molecule is COc1ccc(NC(=O)Nc2cccc(C(=O)N3CCC(C)CC3)c2)cc1. The number of amides is 3. The lowest BCUT2D eigenvalue weighted by Crippen LogP contribution is -2.37. The molecule has 0 saturated carbocycles. The van der Waals surface area contributed by atoms with Crippen molar-refractivity contribution in [1.29, 1.82) is 0 Å². The van der Waals surface area contributed by atoms with Gasteiger partial charge in [0, 0.05) is 30.0 Å². The number of hydrogen-bond acceptors (Lipinski definition) is 3. The topological polar surface area (TPSA) is 70.7 Å². The zero-order valence-electron chi connectivity index (χ0n) is 15.7. The first-order valence-corrected chi connectivity index (χ1v) is 9.16. The maximum Gasteiger partial charge on any atom is 0.323 e. The summed E-state index contributed by atoms with van der Waals surface area (Å²) in [5.74, 6) is 1.41. The highest BCUT2D eigenvalue weighted by atomic mass is 16.5. The molecule has 6 nitrogen and oxygen atoms in total. The van der Waals surface area contributed by atoms with E-state index < -0.39 is 0 Å². The van der Waals surface area contributed by atoms with Crippen molar-refractivity contribution >= 4 is 23.3 Å². The molecule has 27 heavy (non-hydrogen) atoms. The Hall–Kier alpha value is -3.02. The van der Waals surface area contributed by atoms with Gasteiger partial charge in [-0.3, -0.25) is 4.79 Å². The van der Waals surface area contributed by atoms with E-state index in [2.05, 4.69) is 17.6 Å². The van der Waals surface area contributed by atoms with Crippen molar-refractivity contribution in [2.75, 3.05) is 30.8 Å². The van der Waals surface area contributed by atoms with Gasteiger partial charge in [0.15, 0.2) is 0 Å². The van der Waals surface area contributed by atoms with Gasteiger partial charge in [-0.25, -0.2) is 4.79 Å². The number of carbonyl (C=O) groups excluding carboxylic acids is 2. The third-order valence-electron chi connectivity index (χ3n) is 4.79. The number of rotatable bonds is 4. The van der Waals surface area contributed by atoms with E-state index in [0.717, 1.165) is 31.7 Å². The first-order valence-electron chi connectivity index (χ1n) is 9.16. The number of hydrogen-bond donors (Lipinski definition) is 2. The molecular formula is C21H25N3O3. The van der Waals surface area contributed by atoms with E-state index in [9.17, 15) is 9.59 Å². The molecule has 0 radical (unpaired) electrons. The fourth-order valence-electron chi connectivity index (χ4n) is 3.09. The molecular weight excluding hydrogens is 342 g/mol. The quantitative estimate of drug-likeness (QED) is 0.850. The predicted molar refractivity (Wildman–Crippen MR) is 106 cm³/mol. The first kappa shape index (κ1) is 18.8. The second kappa shape index (κ2) is 8.58. The Morgan fingerprint density at radius 3 is 2.33 bits per heavy atom. The van der Waals surface area contributed by atoms with Crippen LogP contribution in [0.5, 0.6) is 5.75 Å². The molecule has 3 amide bonds. The van der Waals surface area contributed by atoms with E-state index in [4.69, 9.17) is 4.74 Å². The molecule has 2 aromatic carbocycles. The number of carbonyl (C=O) groups is 2. The van der Waals surface area contributed by atoms with E-state index in [1.54, 1.807) is 55.6 Å². The predicted octanol–water partition coefficient (Wildman–Crippen LogP) is 4.21. The fourth-order valence-corrected chi connectivity index (χ4v) is 3.09. The van der Waals surface area contributed by atoms with Gasteiger partial charge in [0.2, 0.25) is 0 Å². The average molecular weight is 367 g/mol. The molecule has 1 aliphatic rings. The lowest BCUT2D eigenvalue weighted by atomic mass is 9.98. The third-order valence-corrected chi connectivity index (χ3v) is 4.79. The summed E-state index contributed by atoms with van der Waals surface area (Å²) in [6, 6.07) is 13.7. The van der Waals surface area contributed by atoms with Gasteiger partial charge in [-0.05, 0) is 61.2 Å². The smallest absolute Gasteiger partial charge is 0.323 e. The Bertz CT molecular complexity index is 797. The van der Waals surface area contributed by atoms with Crippen LogP contribution in [0.4, 0.5) is 16.2 Å². The highest BCUT2D eigenvalue weighted by molar-refractivity contribution is 6.01. The van der Waals surface area contributed by atoms with E-state index in [0.29, 0.717) is 22.9 Å². The molecule has 1 aliphatic heterocycles. The minimum Gasteiger partial charge on any atom is -0.497 e. The number of ether oxygens (including phenoxy) is 1. The Labute approximate surface area is 159 Å². The highest BCUT2D eigenvalue weighted by Gasteiger charge is 2.21. The molecule has 2 N–H and O–H groups in total. The molecule has 1 heterocycles. The van der Waals surface area contributed by atoms with Crippen LogP contribution < -0.4 is 15.4 Å². The van der Waals surface area contributed by atoms with Crippen molar-refractivity contribution in [2.45, 2.75) is 19.8 Å².